The number of methoxy groups -OCH3 is 1. The molecule has 0 unspecified atom stereocenters. The van der Waals surface area contributed by atoms with Gasteiger partial charge >= 0.3 is 0 Å². The third-order valence-corrected chi connectivity index (χ3v) is 11.2. The fraction of sp³-hybridized carbons (Fsp3) is 0.371. The van der Waals surface area contributed by atoms with E-state index in [2.05, 4.69) is 16.7 Å². The molecule has 1 amide bonds. The molecule has 232 valence electrons. The number of aryl methyl sites for hydroxylation is 2. The zero-order valence-electron chi connectivity index (χ0n) is 26.6. The molecule has 6 rings (SSSR count). The van der Waals surface area contributed by atoms with E-state index in [1.807, 2.05) is 65.0 Å². The lowest BCUT2D eigenvalue weighted by atomic mass is 9.94. The molecule has 0 saturated carbocycles. The summed E-state index contributed by atoms with van der Waals surface area (Å²) in [7, 11) is 1.60. The highest BCUT2D eigenvalue weighted by atomic mass is 32.1. The Hall–Kier alpha value is -4.20. The molecule has 0 spiro atoms. The van der Waals surface area contributed by atoms with Crippen molar-refractivity contribution in [3.8, 4) is 16.8 Å². The summed E-state index contributed by atoms with van der Waals surface area (Å²) in [6, 6.07) is 11.4. The number of thiazole rings is 1. The molecule has 45 heavy (non-hydrogen) atoms. The predicted molar refractivity (Wildman–Crippen MR) is 179 cm³/mol. The highest BCUT2D eigenvalue weighted by Gasteiger charge is 2.35. The van der Waals surface area contributed by atoms with Gasteiger partial charge in [-0.1, -0.05) is 29.5 Å². The minimum Gasteiger partial charge on any atom is -0.496 e. The molecule has 3 aromatic heterocycles. The first kappa shape index (κ1) is 30.8. The lowest BCUT2D eigenvalue weighted by molar-refractivity contribution is -0.127. The topological polar surface area (TPSA) is 92.6 Å². The average Bonchev–Trinajstić information content (AvgIpc) is 3.65. The van der Waals surface area contributed by atoms with Crippen molar-refractivity contribution in [3.05, 3.63) is 99.8 Å². The van der Waals surface area contributed by atoms with E-state index >= 15 is 0 Å². The van der Waals surface area contributed by atoms with Crippen molar-refractivity contribution in [2.45, 2.75) is 66.3 Å². The van der Waals surface area contributed by atoms with E-state index in [1.165, 1.54) is 21.8 Å². The van der Waals surface area contributed by atoms with Gasteiger partial charge in [-0.3, -0.25) is 14.2 Å². The average molecular weight is 640 g/mol. The predicted octanol–water partition coefficient (Wildman–Crippen LogP) is 5.33. The van der Waals surface area contributed by atoms with Crippen LogP contribution >= 0.6 is 22.7 Å². The molecular weight excluding hydrogens is 603 g/mol. The maximum Gasteiger partial charge on any atom is 0.271 e. The van der Waals surface area contributed by atoms with Crippen LogP contribution in [0.4, 0.5) is 0 Å². The maximum absolute atomic E-state index is 14.3. The van der Waals surface area contributed by atoms with Gasteiger partial charge in [0, 0.05) is 34.9 Å². The first-order chi connectivity index (χ1) is 21.7. The molecule has 4 aromatic rings. The highest BCUT2D eigenvalue weighted by Crippen LogP contribution is 2.39. The number of para-hydroxylation sites is 1. The Kier molecular flexibility index (Phi) is 8.42. The van der Waals surface area contributed by atoms with E-state index in [-0.39, 0.29) is 11.5 Å². The molecule has 2 aliphatic rings. The number of carbonyl (C=O) groups excluding carboxylic acids is 1. The Balaban J connectivity index is 1.53. The van der Waals surface area contributed by atoms with Gasteiger partial charge in [-0.15, -0.1) is 11.3 Å². The number of carbonyl (C=O) groups is 1. The Labute approximate surface area is 270 Å². The first-order valence-electron chi connectivity index (χ1n) is 15.4. The van der Waals surface area contributed by atoms with Crippen LogP contribution in [-0.2, 0) is 17.6 Å². The molecule has 0 radical (unpaired) electrons. The van der Waals surface area contributed by atoms with Crippen LogP contribution in [0.3, 0.4) is 0 Å². The number of allylic oxidation sites excluding steroid dienone is 1. The van der Waals surface area contributed by atoms with E-state index in [9.17, 15) is 14.9 Å². The van der Waals surface area contributed by atoms with E-state index in [0.717, 1.165) is 58.8 Å². The molecule has 0 fully saturated rings. The molecule has 0 bridgehead atoms. The maximum atomic E-state index is 14.3. The van der Waals surface area contributed by atoms with Crippen LogP contribution in [0.2, 0.25) is 0 Å². The minimum atomic E-state index is -0.685. The van der Waals surface area contributed by atoms with Crippen molar-refractivity contribution >= 4 is 34.7 Å². The third kappa shape index (κ3) is 5.08. The number of benzene rings is 1. The number of thiophene rings is 1. The molecule has 1 aliphatic heterocycles. The van der Waals surface area contributed by atoms with Crippen molar-refractivity contribution in [2.24, 2.45) is 4.99 Å². The van der Waals surface area contributed by atoms with Crippen molar-refractivity contribution in [1.29, 1.82) is 5.26 Å². The zero-order valence-corrected chi connectivity index (χ0v) is 28.2. The lowest BCUT2D eigenvalue weighted by Gasteiger charge is -2.29. The van der Waals surface area contributed by atoms with Gasteiger partial charge in [0.05, 0.1) is 28.5 Å². The van der Waals surface area contributed by atoms with E-state index in [0.29, 0.717) is 39.4 Å². The number of likely N-dealkylation sites (N-methyl/N-ethyl adjacent to an activating group) is 1. The summed E-state index contributed by atoms with van der Waals surface area (Å²) in [6.45, 7) is 10.9. The monoisotopic (exact) mass is 639 g/mol. The Bertz CT molecular complexity index is 2080. The van der Waals surface area contributed by atoms with E-state index < -0.39 is 6.04 Å². The SMILES string of the molecule is CCN(CC)C(=O)C1=C(C)N=c2s/c(=C/c3cc(C)n(-c4sc5c(c4C#N)CCCC5)c3C)c(=O)n2[C@H]1c1ccccc1OC. The van der Waals surface area contributed by atoms with Crippen LogP contribution in [0, 0.1) is 25.2 Å². The fourth-order valence-electron chi connectivity index (χ4n) is 6.67. The Morgan fingerprint density at radius 1 is 1.16 bits per heavy atom. The van der Waals surface area contributed by atoms with Crippen LogP contribution < -0.4 is 19.6 Å². The largest absolute Gasteiger partial charge is 0.496 e. The van der Waals surface area contributed by atoms with Gasteiger partial charge in [-0.05, 0) is 89.6 Å². The molecular formula is C35H37N5O3S2. The van der Waals surface area contributed by atoms with Crippen molar-refractivity contribution in [3.63, 3.8) is 0 Å². The highest BCUT2D eigenvalue weighted by molar-refractivity contribution is 7.15. The third-order valence-electron chi connectivity index (χ3n) is 8.96. The van der Waals surface area contributed by atoms with Crippen LogP contribution in [0.1, 0.15) is 78.2 Å². The number of aromatic nitrogens is 2. The summed E-state index contributed by atoms with van der Waals surface area (Å²) in [5, 5.41) is 11.1. The quantitative estimate of drug-likeness (QED) is 0.273. The first-order valence-corrected chi connectivity index (χ1v) is 17.1. The van der Waals surface area contributed by atoms with Crippen molar-refractivity contribution < 1.29 is 9.53 Å². The van der Waals surface area contributed by atoms with Crippen LogP contribution in [0.5, 0.6) is 5.75 Å². The smallest absolute Gasteiger partial charge is 0.271 e. The van der Waals surface area contributed by atoms with Gasteiger partial charge in [0.2, 0.25) is 0 Å². The van der Waals surface area contributed by atoms with Crippen LogP contribution in [0.15, 0.2) is 51.4 Å². The number of nitrogens with zero attached hydrogens (tertiary/aromatic N) is 5. The lowest BCUT2D eigenvalue weighted by Crippen LogP contribution is -2.43. The molecule has 1 aliphatic carbocycles. The summed E-state index contributed by atoms with van der Waals surface area (Å²) >= 11 is 3.04. The summed E-state index contributed by atoms with van der Waals surface area (Å²) < 4.78 is 10.1. The zero-order chi connectivity index (χ0) is 32.0. The molecule has 1 aromatic carbocycles. The van der Waals surface area contributed by atoms with Gasteiger partial charge in [-0.25, -0.2) is 4.99 Å². The fourth-order valence-corrected chi connectivity index (χ4v) is 9.16. The van der Waals surface area contributed by atoms with Gasteiger partial charge in [0.25, 0.3) is 11.5 Å². The second kappa shape index (κ2) is 12.3. The summed E-state index contributed by atoms with van der Waals surface area (Å²) in [5.41, 5.74) is 6.48. The standard InChI is InChI=1S/C35H37N5O3S2/c1-7-38(8-2)33(42)30-21(4)37-35-40(31(30)25-14-9-11-15-27(25)43-6)32(41)29(45-35)18-23-17-20(3)39(22(23)5)34-26(19-36)24-13-10-12-16-28(24)44-34/h9,11,14-15,17-18,31H,7-8,10,12-13,16H2,1-6H3/b29-18+/t31-/m0/s1. The molecule has 8 nitrogen and oxygen atoms in total. The Morgan fingerprint density at radius 2 is 1.89 bits per heavy atom. The molecule has 1 atom stereocenters. The normalized spacial score (nSPS) is 16.2. The van der Waals surface area contributed by atoms with Crippen molar-refractivity contribution in [2.75, 3.05) is 20.2 Å². The summed E-state index contributed by atoms with van der Waals surface area (Å²) in [4.78, 5) is 36.7. The minimum absolute atomic E-state index is 0.137. The molecule has 0 saturated heterocycles. The second-order valence-electron chi connectivity index (χ2n) is 11.5. The number of hydrogen-bond donors (Lipinski definition) is 0. The number of fused-ring (bicyclic) bond motifs is 2. The molecule has 4 heterocycles. The summed E-state index contributed by atoms with van der Waals surface area (Å²) in [5.74, 6) is 0.467. The van der Waals surface area contributed by atoms with E-state index in [4.69, 9.17) is 9.73 Å². The van der Waals surface area contributed by atoms with Gasteiger partial charge in [0.15, 0.2) is 4.80 Å². The van der Waals surface area contributed by atoms with Gasteiger partial charge in [0.1, 0.15) is 22.9 Å². The van der Waals surface area contributed by atoms with Gasteiger partial charge < -0.3 is 14.2 Å². The van der Waals surface area contributed by atoms with Crippen LogP contribution in [-0.4, -0.2) is 40.1 Å². The molecule has 10 heteroatoms. The number of nitriles is 1. The van der Waals surface area contributed by atoms with Gasteiger partial charge in [-0.2, -0.15) is 5.26 Å². The number of rotatable bonds is 7. The number of ether oxygens (including phenoxy) is 1. The summed E-state index contributed by atoms with van der Waals surface area (Å²) in [6.07, 6.45) is 6.17. The number of hydrogen-bond acceptors (Lipinski definition) is 7. The second-order valence-corrected chi connectivity index (χ2v) is 13.6. The van der Waals surface area contributed by atoms with Crippen LogP contribution in [0.25, 0.3) is 11.1 Å². The van der Waals surface area contributed by atoms with Crippen molar-refractivity contribution in [1.82, 2.24) is 14.0 Å². The Morgan fingerprint density at radius 3 is 2.60 bits per heavy atom. The van der Waals surface area contributed by atoms with E-state index in [1.54, 1.807) is 27.9 Å². The number of amides is 1. The molecule has 0 N–H and O–H groups in total.